The molecule has 11 atom stereocenters. The largest absolute Gasteiger partial charge is 0.483 e. The Morgan fingerprint density at radius 2 is 0.566 bits per heavy atom. The molecule has 0 bridgehead atoms. The third kappa shape index (κ3) is 37.9. The van der Waals surface area contributed by atoms with Crippen LogP contribution in [0.5, 0.6) is 5.75 Å². The van der Waals surface area contributed by atoms with Gasteiger partial charge in [-0.15, -0.1) is 0 Å². The predicted octanol–water partition coefficient (Wildman–Crippen LogP) is -4.14. The zero-order valence-corrected chi connectivity index (χ0v) is 47.5. The van der Waals surface area contributed by atoms with Gasteiger partial charge in [0.05, 0.1) is 59.5 Å². The van der Waals surface area contributed by atoms with E-state index in [2.05, 4.69) is 107 Å². The Morgan fingerprint density at radius 3 is 0.776 bits per heavy atom. The van der Waals surface area contributed by atoms with Crippen molar-refractivity contribution in [2.75, 3.05) is 59.5 Å². The number of aliphatic hydroxyl groups excluding tert-OH is 19. The fraction of sp³-hybridized carbons (Fsp3) is 0.750. The van der Waals surface area contributed by atoms with Crippen molar-refractivity contribution < 1.29 is 131 Å². The summed E-state index contributed by atoms with van der Waals surface area (Å²) in [5.41, 5.74) is 4.80. The highest BCUT2D eigenvalue weighted by Gasteiger charge is 2.36. The predicted molar refractivity (Wildman–Crippen MR) is 282 cm³/mol. The SMILES string of the molecule is CC(C)(C)c1ccc(OC(c2ccc(C(C)(C)C)cc2C(C)(C)C)[C@H](O)[C@H](O)CO)c(C(C)(C)C)c1.OC[C@@H](O)[C@@H](O)CO.OC[C@@H](O)[C@@H](O)CO.OC[C@@H](O)[C@@H](O)CO.OC[C@@H](O)[C@@H](O)CO.OP(O)O.OP(O)O. The average Bonchev–Trinajstić information content (AvgIpc) is 3.34. The molecular weight excluding hydrogens is 1050 g/mol. The molecule has 0 amide bonds. The molecule has 0 aliphatic heterocycles. The van der Waals surface area contributed by atoms with Gasteiger partial charge in [-0.2, -0.15) is 0 Å². The van der Waals surface area contributed by atoms with E-state index in [4.69, 9.17) is 116 Å². The third-order valence-electron chi connectivity index (χ3n) is 10.1. The van der Waals surface area contributed by atoms with Gasteiger partial charge in [-0.05, 0) is 55.5 Å². The number of rotatable bonds is 18. The molecule has 0 heterocycles. The summed E-state index contributed by atoms with van der Waals surface area (Å²) >= 11 is 0. The summed E-state index contributed by atoms with van der Waals surface area (Å²) in [5, 5.41) is 164. The smallest absolute Gasteiger partial charge is 0.324 e. The first-order valence-corrected chi connectivity index (χ1v) is 25.9. The second-order valence-corrected chi connectivity index (χ2v) is 21.9. The van der Waals surface area contributed by atoms with Crippen LogP contribution in [-0.4, -0.2) is 247 Å². The fourth-order valence-electron chi connectivity index (χ4n) is 5.34. The summed E-state index contributed by atoms with van der Waals surface area (Å²) in [5.74, 6) is 0.671. The minimum Gasteiger partial charge on any atom is -0.483 e. The number of hydrogen-bond donors (Lipinski definition) is 25. The monoisotopic (exact) mass is 1150 g/mol. The number of ether oxygens (including phenoxy) is 1. The van der Waals surface area contributed by atoms with Crippen LogP contribution in [-0.2, 0) is 21.7 Å². The lowest BCUT2D eigenvalue weighted by atomic mass is 9.76. The van der Waals surface area contributed by atoms with Crippen molar-refractivity contribution in [3.05, 3.63) is 64.2 Å². The number of aliphatic hydroxyl groups is 19. The molecule has 1 unspecified atom stereocenters. The molecule has 0 saturated heterocycles. The summed E-state index contributed by atoms with van der Waals surface area (Å²) in [6.45, 7) is 21.2. The van der Waals surface area contributed by atoms with Gasteiger partial charge in [0.15, 0.2) is 6.10 Å². The summed E-state index contributed by atoms with van der Waals surface area (Å²) in [6, 6.07) is 12.5. The van der Waals surface area contributed by atoms with Crippen LogP contribution in [0.3, 0.4) is 0 Å². The highest BCUT2D eigenvalue weighted by molar-refractivity contribution is 7.38. The lowest BCUT2D eigenvalue weighted by Gasteiger charge is -2.35. The van der Waals surface area contributed by atoms with Crippen molar-refractivity contribution in [2.45, 2.75) is 172 Å². The molecular formula is C48H96O26P2. The van der Waals surface area contributed by atoms with Crippen LogP contribution in [0.2, 0.25) is 0 Å². The number of benzene rings is 2. The second kappa shape index (κ2) is 42.0. The summed E-state index contributed by atoms with van der Waals surface area (Å²) in [6.07, 6.45) is -13.3. The average molecular weight is 1150 g/mol. The first-order valence-electron chi connectivity index (χ1n) is 23.5. The van der Waals surface area contributed by atoms with Crippen molar-refractivity contribution >= 4 is 17.2 Å². The van der Waals surface area contributed by atoms with E-state index in [1.165, 1.54) is 11.1 Å². The molecule has 0 aromatic heterocycles. The molecule has 0 spiro atoms. The maximum Gasteiger partial charge on any atom is 0.324 e. The van der Waals surface area contributed by atoms with Gasteiger partial charge in [-0.1, -0.05) is 113 Å². The zero-order valence-electron chi connectivity index (χ0n) is 45.7. The molecule has 454 valence electrons. The third-order valence-corrected chi connectivity index (χ3v) is 10.1. The van der Waals surface area contributed by atoms with Gasteiger partial charge in [0.1, 0.15) is 66.8 Å². The van der Waals surface area contributed by atoms with E-state index >= 15 is 0 Å². The van der Waals surface area contributed by atoms with Gasteiger partial charge in [0.2, 0.25) is 0 Å². The molecule has 26 nitrogen and oxygen atoms in total. The summed E-state index contributed by atoms with van der Waals surface area (Å²) in [7, 11) is -5.24. The van der Waals surface area contributed by atoms with Crippen LogP contribution < -0.4 is 4.74 Å². The van der Waals surface area contributed by atoms with Crippen LogP contribution in [0, 0.1) is 0 Å². The van der Waals surface area contributed by atoms with Crippen LogP contribution in [0.4, 0.5) is 0 Å². The van der Waals surface area contributed by atoms with E-state index in [1.54, 1.807) is 0 Å². The topological polar surface area (TPSA) is 515 Å². The molecule has 76 heavy (non-hydrogen) atoms. The molecule has 0 aliphatic carbocycles. The van der Waals surface area contributed by atoms with E-state index in [9.17, 15) is 15.3 Å². The van der Waals surface area contributed by atoms with Gasteiger partial charge >= 0.3 is 17.2 Å². The van der Waals surface area contributed by atoms with E-state index in [0.29, 0.717) is 5.75 Å². The van der Waals surface area contributed by atoms with Crippen LogP contribution >= 0.6 is 17.2 Å². The molecule has 0 radical (unpaired) electrons. The van der Waals surface area contributed by atoms with E-state index < -0.39 is 144 Å². The standard InChI is InChI=1S/C32H50O4.4C4H10O4.2H3O3P/c1-29(2,3)20-13-15-22(23(17-20)31(7,8)9)28(27(35)25(34)19-33)36-26-16-14-21(30(4,5)6)18-24(26)32(10,11)12;4*5-1-3(7)4(8)2-6;2*1-4(2)3/h13-18,25,27-28,33-35H,19H2,1-12H3;4*3-8H,1-2H2;2*1-3H/t25-,27-,28?;4*3-,4+;;/m1....../s1. The quantitative estimate of drug-likeness (QED) is 0.0630. The fourth-order valence-corrected chi connectivity index (χ4v) is 5.34. The highest BCUT2D eigenvalue weighted by atomic mass is 31.2. The highest BCUT2D eigenvalue weighted by Crippen LogP contribution is 2.41. The van der Waals surface area contributed by atoms with Crippen LogP contribution in [0.25, 0.3) is 0 Å². The molecule has 28 heteroatoms. The van der Waals surface area contributed by atoms with Gasteiger partial charge in [-0.25, -0.2) is 0 Å². The van der Waals surface area contributed by atoms with E-state index in [0.717, 1.165) is 16.7 Å². The molecule has 2 aromatic rings. The van der Waals surface area contributed by atoms with Crippen molar-refractivity contribution in [2.24, 2.45) is 0 Å². The lowest BCUT2D eigenvalue weighted by Crippen LogP contribution is -2.38. The molecule has 2 aromatic carbocycles. The Morgan fingerprint density at radius 1 is 0.342 bits per heavy atom. The normalized spacial score (nSPS) is 16.1. The Bertz CT molecular complexity index is 1600. The van der Waals surface area contributed by atoms with Crippen molar-refractivity contribution in [1.82, 2.24) is 0 Å². The number of hydrogen-bond acceptors (Lipinski definition) is 26. The summed E-state index contributed by atoms with van der Waals surface area (Å²) in [4.78, 5) is 43.4. The van der Waals surface area contributed by atoms with Gasteiger partial charge in [0.25, 0.3) is 0 Å². The van der Waals surface area contributed by atoms with Gasteiger partial charge in [0, 0.05) is 0 Å². The lowest BCUT2D eigenvalue weighted by molar-refractivity contribution is -0.0698. The second-order valence-electron chi connectivity index (χ2n) is 20.8. The van der Waals surface area contributed by atoms with Crippen molar-refractivity contribution in [1.29, 1.82) is 0 Å². The Hall–Kier alpha value is -1.90. The Balaban J connectivity index is -0.000000336. The van der Waals surface area contributed by atoms with E-state index in [-0.39, 0.29) is 21.7 Å². The first-order chi connectivity index (χ1) is 34.5. The molecule has 0 aliphatic rings. The van der Waals surface area contributed by atoms with Gasteiger partial charge < -0.3 is 131 Å². The molecule has 0 fully saturated rings. The van der Waals surface area contributed by atoms with Crippen LogP contribution in [0.1, 0.15) is 117 Å². The Kier molecular flexibility index (Phi) is 45.8. The zero-order chi connectivity index (χ0) is 61.3. The molecule has 0 saturated carbocycles. The van der Waals surface area contributed by atoms with Crippen LogP contribution in [0.15, 0.2) is 36.4 Å². The first kappa shape index (κ1) is 82.9. The van der Waals surface area contributed by atoms with Crippen molar-refractivity contribution in [3.63, 3.8) is 0 Å². The minimum atomic E-state index is -2.62. The van der Waals surface area contributed by atoms with E-state index in [1.807, 2.05) is 12.1 Å². The minimum absolute atomic E-state index is 0.0211. The van der Waals surface area contributed by atoms with Gasteiger partial charge in [-0.3, -0.25) is 0 Å². The van der Waals surface area contributed by atoms with Crippen molar-refractivity contribution in [3.8, 4) is 5.75 Å². The maximum atomic E-state index is 11.3. The summed E-state index contributed by atoms with van der Waals surface area (Å²) < 4.78 is 6.65. The Labute approximate surface area is 448 Å². The molecule has 2 rings (SSSR count). The maximum absolute atomic E-state index is 11.3. The molecule has 25 N–H and O–H groups in total.